The van der Waals surface area contributed by atoms with Crippen LogP contribution in [-0.4, -0.2) is 25.3 Å². The fourth-order valence-electron chi connectivity index (χ4n) is 1.70. The normalized spacial score (nSPS) is 12.4. The van der Waals surface area contributed by atoms with Crippen LogP contribution in [0.25, 0.3) is 0 Å². The molecular formula is C13H22N2O2. The van der Waals surface area contributed by atoms with Gasteiger partial charge in [0.25, 0.3) is 0 Å². The van der Waals surface area contributed by atoms with Gasteiger partial charge >= 0.3 is 0 Å². The largest absolute Gasteiger partial charge is 0.508 e. The van der Waals surface area contributed by atoms with E-state index in [1.54, 1.807) is 19.2 Å². The molecule has 1 rings (SSSR count). The second-order valence-electron chi connectivity index (χ2n) is 4.10. The molecule has 1 aromatic carbocycles. The van der Waals surface area contributed by atoms with E-state index in [0.717, 1.165) is 37.2 Å². The molecule has 0 heterocycles. The van der Waals surface area contributed by atoms with Crippen LogP contribution >= 0.6 is 0 Å². The van der Waals surface area contributed by atoms with Crippen LogP contribution in [0.3, 0.4) is 0 Å². The van der Waals surface area contributed by atoms with Crippen molar-refractivity contribution in [1.29, 1.82) is 0 Å². The molecule has 1 atom stereocenters. The maximum absolute atomic E-state index is 9.79. The second kappa shape index (κ2) is 7.14. The SMILES string of the molecule is COc1ccc(O)c(C(C)NCCCCN)c1. The lowest BCUT2D eigenvalue weighted by Crippen LogP contribution is -2.20. The Morgan fingerprint density at radius 1 is 1.41 bits per heavy atom. The van der Waals surface area contributed by atoms with E-state index in [2.05, 4.69) is 5.32 Å². The van der Waals surface area contributed by atoms with Gasteiger partial charge in [-0.15, -0.1) is 0 Å². The summed E-state index contributed by atoms with van der Waals surface area (Å²) in [6, 6.07) is 5.37. The first-order valence-electron chi connectivity index (χ1n) is 5.99. The third-order valence-corrected chi connectivity index (χ3v) is 2.78. The van der Waals surface area contributed by atoms with Crippen molar-refractivity contribution in [2.45, 2.75) is 25.8 Å². The Morgan fingerprint density at radius 2 is 2.18 bits per heavy atom. The van der Waals surface area contributed by atoms with Crippen molar-refractivity contribution in [2.75, 3.05) is 20.2 Å². The number of hydrogen-bond acceptors (Lipinski definition) is 4. The van der Waals surface area contributed by atoms with E-state index < -0.39 is 0 Å². The van der Waals surface area contributed by atoms with Gasteiger partial charge in [0, 0.05) is 11.6 Å². The number of benzene rings is 1. The summed E-state index contributed by atoms with van der Waals surface area (Å²) in [7, 11) is 1.62. The molecule has 96 valence electrons. The molecule has 0 spiro atoms. The Labute approximate surface area is 103 Å². The molecule has 4 nitrogen and oxygen atoms in total. The first-order chi connectivity index (χ1) is 8.19. The van der Waals surface area contributed by atoms with Gasteiger partial charge in [-0.25, -0.2) is 0 Å². The van der Waals surface area contributed by atoms with E-state index in [1.165, 1.54) is 0 Å². The minimum Gasteiger partial charge on any atom is -0.508 e. The smallest absolute Gasteiger partial charge is 0.120 e. The van der Waals surface area contributed by atoms with Crippen molar-refractivity contribution in [3.8, 4) is 11.5 Å². The van der Waals surface area contributed by atoms with E-state index in [1.807, 2.05) is 13.0 Å². The zero-order chi connectivity index (χ0) is 12.7. The number of nitrogens with two attached hydrogens (primary N) is 1. The van der Waals surface area contributed by atoms with E-state index in [0.29, 0.717) is 5.75 Å². The van der Waals surface area contributed by atoms with Gasteiger partial charge in [-0.3, -0.25) is 0 Å². The average Bonchev–Trinajstić information content (AvgIpc) is 2.35. The van der Waals surface area contributed by atoms with Gasteiger partial charge in [0.05, 0.1) is 7.11 Å². The third kappa shape index (κ3) is 4.24. The molecule has 4 heteroatoms. The number of nitrogens with one attached hydrogen (secondary N) is 1. The predicted molar refractivity (Wildman–Crippen MR) is 69.4 cm³/mol. The van der Waals surface area contributed by atoms with Gasteiger partial charge in [-0.1, -0.05) is 0 Å². The number of phenolic OH excluding ortho intramolecular Hbond substituents is 1. The Bertz CT molecular complexity index is 342. The molecule has 0 aliphatic heterocycles. The highest BCUT2D eigenvalue weighted by atomic mass is 16.5. The highest BCUT2D eigenvalue weighted by Gasteiger charge is 2.10. The molecule has 0 aromatic heterocycles. The molecule has 1 aromatic rings. The van der Waals surface area contributed by atoms with E-state index in [9.17, 15) is 5.11 Å². The highest BCUT2D eigenvalue weighted by molar-refractivity contribution is 5.41. The zero-order valence-corrected chi connectivity index (χ0v) is 10.6. The van der Waals surface area contributed by atoms with Crippen molar-refractivity contribution in [3.05, 3.63) is 23.8 Å². The van der Waals surface area contributed by atoms with Crippen molar-refractivity contribution in [1.82, 2.24) is 5.32 Å². The Kier molecular flexibility index (Phi) is 5.80. The summed E-state index contributed by atoms with van der Waals surface area (Å²) < 4.78 is 5.15. The van der Waals surface area contributed by atoms with Crippen molar-refractivity contribution >= 4 is 0 Å². The summed E-state index contributed by atoms with van der Waals surface area (Å²) in [6.07, 6.45) is 2.06. The van der Waals surface area contributed by atoms with Gasteiger partial charge in [-0.05, 0) is 51.1 Å². The fraction of sp³-hybridized carbons (Fsp3) is 0.538. The van der Waals surface area contributed by atoms with Crippen molar-refractivity contribution in [3.63, 3.8) is 0 Å². The maximum atomic E-state index is 9.79. The lowest BCUT2D eigenvalue weighted by Gasteiger charge is -2.16. The van der Waals surface area contributed by atoms with Crippen LogP contribution in [0, 0.1) is 0 Å². The monoisotopic (exact) mass is 238 g/mol. The van der Waals surface area contributed by atoms with Gasteiger partial charge in [0.1, 0.15) is 11.5 Å². The summed E-state index contributed by atoms with van der Waals surface area (Å²) >= 11 is 0. The van der Waals surface area contributed by atoms with E-state index in [-0.39, 0.29) is 6.04 Å². The Hall–Kier alpha value is -1.26. The summed E-state index contributed by atoms with van der Waals surface area (Å²) in [5, 5.41) is 13.1. The molecule has 0 amide bonds. The quantitative estimate of drug-likeness (QED) is 0.634. The van der Waals surface area contributed by atoms with E-state index >= 15 is 0 Å². The number of phenols is 1. The van der Waals surface area contributed by atoms with Gasteiger partial charge < -0.3 is 20.9 Å². The molecule has 0 bridgehead atoms. The van der Waals surface area contributed by atoms with Gasteiger partial charge in [0.15, 0.2) is 0 Å². The van der Waals surface area contributed by atoms with Crippen LogP contribution in [-0.2, 0) is 0 Å². The number of unbranched alkanes of at least 4 members (excludes halogenated alkanes) is 1. The maximum Gasteiger partial charge on any atom is 0.120 e. The molecule has 0 radical (unpaired) electrons. The number of methoxy groups -OCH3 is 1. The number of aromatic hydroxyl groups is 1. The van der Waals surface area contributed by atoms with E-state index in [4.69, 9.17) is 10.5 Å². The molecule has 0 aliphatic carbocycles. The number of rotatable bonds is 7. The van der Waals surface area contributed by atoms with Crippen LogP contribution in [0.2, 0.25) is 0 Å². The molecule has 0 aliphatic rings. The van der Waals surface area contributed by atoms with Crippen molar-refractivity contribution < 1.29 is 9.84 Å². The van der Waals surface area contributed by atoms with Crippen LogP contribution in [0.4, 0.5) is 0 Å². The van der Waals surface area contributed by atoms with Crippen LogP contribution in [0.15, 0.2) is 18.2 Å². The summed E-state index contributed by atoms with van der Waals surface area (Å²) in [4.78, 5) is 0. The first kappa shape index (κ1) is 13.8. The molecule has 1 unspecified atom stereocenters. The highest BCUT2D eigenvalue weighted by Crippen LogP contribution is 2.28. The Morgan fingerprint density at radius 3 is 2.82 bits per heavy atom. The van der Waals surface area contributed by atoms with Crippen LogP contribution in [0.1, 0.15) is 31.4 Å². The average molecular weight is 238 g/mol. The second-order valence-corrected chi connectivity index (χ2v) is 4.10. The molecule has 0 saturated carbocycles. The topological polar surface area (TPSA) is 67.5 Å². The fourth-order valence-corrected chi connectivity index (χ4v) is 1.70. The zero-order valence-electron chi connectivity index (χ0n) is 10.6. The lowest BCUT2D eigenvalue weighted by atomic mass is 10.1. The molecule has 4 N–H and O–H groups in total. The standard InChI is InChI=1S/C13H22N2O2/c1-10(15-8-4-3-7-14)12-9-11(17-2)5-6-13(12)16/h5-6,9-10,15-16H,3-4,7-8,14H2,1-2H3. The summed E-state index contributed by atoms with van der Waals surface area (Å²) in [5.74, 6) is 1.05. The van der Waals surface area contributed by atoms with Crippen LogP contribution < -0.4 is 15.8 Å². The van der Waals surface area contributed by atoms with Crippen LogP contribution in [0.5, 0.6) is 11.5 Å². The molecule has 17 heavy (non-hydrogen) atoms. The third-order valence-electron chi connectivity index (χ3n) is 2.78. The molecule has 0 fully saturated rings. The Balaban J connectivity index is 2.57. The predicted octanol–water partition coefficient (Wildman–Crippen LogP) is 1.79. The first-order valence-corrected chi connectivity index (χ1v) is 5.99. The lowest BCUT2D eigenvalue weighted by molar-refractivity contribution is 0.407. The summed E-state index contributed by atoms with van der Waals surface area (Å²) in [6.45, 7) is 3.65. The van der Waals surface area contributed by atoms with Gasteiger partial charge in [0.2, 0.25) is 0 Å². The molecular weight excluding hydrogens is 216 g/mol. The van der Waals surface area contributed by atoms with Crippen molar-refractivity contribution in [2.24, 2.45) is 5.73 Å². The molecule has 0 saturated heterocycles. The number of hydrogen-bond donors (Lipinski definition) is 3. The van der Waals surface area contributed by atoms with Gasteiger partial charge in [-0.2, -0.15) is 0 Å². The summed E-state index contributed by atoms with van der Waals surface area (Å²) in [5.41, 5.74) is 6.29. The number of ether oxygens (including phenoxy) is 1. The minimum atomic E-state index is 0.0999. The minimum absolute atomic E-state index is 0.0999.